The maximum atomic E-state index is 13.3. The largest absolute Gasteiger partial charge is 0.437 e. The molecular weight excluding hydrogens is 361 g/mol. The first kappa shape index (κ1) is 18.8. The quantitative estimate of drug-likeness (QED) is 0.741. The van der Waals surface area contributed by atoms with E-state index in [4.69, 9.17) is 11.0 Å². The number of nitrogens with two attached hydrogens (primary N) is 1. The van der Waals surface area contributed by atoms with Crippen LogP contribution in [0.1, 0.15) is 37.1 Å². The van der Waals surface area contributed by atoms with Crippen LogP contribution in [0.25, 0.3) is 0 Å². The van der Waals surface area contributed by atoms with Crippen LogP contribution in [0, 0.1) is 11.3 Å². The van der Waals surface area contributed by atoms with Crippen LogP contribution < -0.4 is 16.4 Å². The monoisotopic (exact) mass is 378 g/mol. The van der Waals surface area contributed by atoms with Crippen molar-refractivity contribution in [2.45, 2.75) is 43.9 Å². The first-order valence-electron chi connectivity index (χ1n) is 8.31. The number of nitrogens with zero attached hydrogens (tertiary/aromatic N) is 5. The van der Waals surface area contributed by atoms with E-state index >= 15 is 0 Å². The van der Waals surface area contributed by atoms with Gasteiger partial charge in [0.05, 0.1) is 18.1 Å². The molecule has 8 nitrogen and oxygen atoms in total. The van der Waals surface area contributed by atoms with Crippen LogP contribution in [-0.4, -0.2) is 32.2 Å². The molecule has 1 fully saturated rings. The van der Waals surface area contributed by atoms with E-state index in [-0.39, 0.29) is 35.1 Å². The van der Waals surface area contributed by atoms with Gasteiger partial charge in [0, 0.05) is 18.2 Å². The van der Waals surface area contributed by atoms with E-state index in [0.29, 0.717) is 12.8 Å². The molecule has 1 aliphatic rings. The van der Waals surface area contributed by atoms with Gasteiger partial charge in [-0.1, -0.05) is 0 Å². The van der Waals surface area contributed by atoms with Crippen LogP contribution in [0.4, 0.5) is 30.5 Å². The predicted molar refractivity (Wildman–Crippen MR) is 90.9 cm³/mol. The summed E-state index contributed by atoms with van der Waals surface area (Å²) in [6.45, 7) is 0. The first-order chi connectivity index (χ1) is 12.8. The Labute approximate surface area is 153 Å². The van der Waals surface area contributed by atoms with Gasteiger partial charge in [-0.05, 0) is 25.7 Å². The van der Waals surface area contributed by atoms with Gasteiger partial charge in [0.25, 0.3) is 0 Å². The van der Waals surface area contributed by atoms with Crippen molar-refractivity contribution >= 4 is 17.3 Å². The summed E-state index contributed by atoms with van der Waals surface area (Å²) in [7, 11) is 0. The highest BCUT2D eigenvalue weighted by Crippen LogP contribution is 2.35. The Morgan fingerprint density at radius 2 is 1.81 bits per heavy atom. The molecule has 3 rings (SSSR count). The Hall–Kier alpha value is -3.00. The number of aromatic nitrogens is 4. The van der Waals surface area contributed by atoms with E-state index in [9.17, 15) is 13.2 Å². The van der Waals surface area contributed by atoms with Gasteiger partial charge >= 0.3 is 6.18 Å². The van der Waals surface area contributed by atoms with E-state index in [1.807, 2.05) is 6.07 Å². The molecule has 0 atom stereocenters. The van der Waals surface area contributed by atoms with E-state index in [2.05, 4.69) is 30.8 Å². The van der Waals surface area contributed by atoms with Crippen molar-refractivity contribution in [3.05, 3.63) is 29.8 Å². The highest BCUT2D eigenvalue weighted by atomic mass is 19.4. The van der Waals surface area contributed by atoms with Crippen LogP contribution in [0.2, 0.25) is 0 Å². The van der Waals surface area contributed by atoms with Crippen LogP contribution in [0.5, 0.6) is 0 Å². The van der Waals surface area contributed by atoms with Crippen molar-refractivity contribution in [1.82, 2.24) is 20.2 Å². The topological polar surface area (TPSA) is 125 Å². The highest BCUT2D eigenvalue weighted by molar-refractivity contribution is 5.60. The number of nitriles is 1. The molecule has 0 aliphatic heterocycles. The highest BCUT2D eigenvalue weighted by Gasteiger charge is 2.37. The minimum atomic E-state index is -4.63. The third-order valence-electron chi connectivity index (χ3n) is 4.22. The molecule has 0 radical (unpaired) electrons. The maximum absolute atomic E-state index is 13.3. The fourth-order valence-electron chi connectivity index (χ4n) is 2.84. The van der Waals surface area contributed by atoms with E-state index in [1.54, 1.807) is 0 Å². The third-order valence-corrected chi connectivity index (χ3v) is 4.22. The van der Waals surface area contributed by atoms with Gasteiger partial charge < -0.3 is 16.4 Å². The fraction of sp³-hybridized carbons (Fsp3) is 0.438. The lowest BCUT2D eigenvalue weighted by Crippen LogP contribution is -2.33. The summed E-state index contributed by atoms with van der Waals surface area (Å²) in [5, 5.41) is 21.3. The van der Waals surface area contributed by atoms with Gasteiger partial charge in [0.15, 0.2) is 17.2 Å². The fourth-order valence-corrected chi connectivity index (χ4v) is 2.84. The Kier molecular flexibility index (Phi) is 5.36. The molecule has 2 aromatic rings. The molecule has 0 saturated heterocycles. The summed E-state index contributed by atoms with van der Waals surface area (Å²) in [5.41, 5.74) is 4.74. The van der Waals surface area contributed by atoms with Crippen molar-refractivity contribution in [1.29, 1.82) is 5.26 Å². The first-order valence-corrected chi connectivity index (χ1v) is 8.31. The van der Waals surface area contributed by atoms with Crippen LogP contribution >= 0.6 is 0 Å². The number of nitrogens with one attached hydrogen (secondary N) is 2. The number of halogens is 3. The summed E-state index contributed by atoms with van der Waals surface area (Å²) < 4.78 is 39.8. The van der Waals surface area contributed by atoms with Gasteiger partial charge in [0.1, 0.15) is 11.9 Å². The normalized spacial score (nSPS) is 20.0. The molecule has 27 heavy (non-hydrogen) atoms. The molecule has 1 saturated carbocycles. The zero-order chi connectivity index (χ0) is 19.4. The smallest absolute Gasteiger partial charge is 0.380 e. The molecule has 1 aliphatic carbocycles. The molecule has 2 aromatic heterocycles. The van der Waals surface area contributed by atoms with Crippen molar-refractivity contribution in [2.24, 2.45) is 5.73 Å². The number of rotatable bonds is 4. The lowest BCUT2D eigenvalue weighted by molar-refractivity contribution is -0.141. The molecule has 11 heteroatoms. The standard InChI is InChI=1S/C16H17F3N8/c17-16(18,19)15-12(24-10-3-1-9(21)2-4-10)5-13(26-27-15)25-14-8-22-11(6-20)7-23-14/h5,7-10H,1-4,21H2,(H2,23,24,25,26). The number of hydrogen-bond donors (Lipinski definition) is 3. The lowest BCUT2D eigenvalue weighted by atomic mass is 9.91. The minimum Gasteiger partial charge on any atom is -0.380 e. The maximum Gasteiger partial charge on any atom is 0.437 e. The van der Waals surface area contributed by atoms with Crippen LogP contribution in [-0.2, 0) is 6.18 Å². The Bertz CT molecular complexity index is 823. The summed E-state index contributed by atoms with van der Waals surface area (Å²) >= 11 is 0. The number of anilines is 3. The molecule has 0 bridgehead atoms. The molecule has 0 spiro atoms. The van der Waals surface area contributed by atoms with Crippen LogP contribution in [0.3, 0.4) is 0 Å². The Balaban J connectivity index is 1.82. The summed E-state index contributed by atoms with van der Waals surface area (Å²) in [4.78, 5) is 7.78. The molecule has 4 N–H and O–H groups in total. The van der Waals surface area contributed by atoms with Crippen molar-refractivity contribution in [3.8, 4) is 6.07 Å². The van der Waals surface area contributed by atoms with Crippen molar-refractivity contribution in [2.75, 3.05) is 10.6 Å². The van der Waals surface area contributed by atoms with Crippen LogP contribution in [0.15, 0.2) is 18.5 Å². The minimum absolute atomic E-state index is 0.0806. The average Bonchev–Trinajstić information content (AvgIpc) is 2.63. The molecule has 0 amide bonds. The van der Waals surface area contributed by atoms with Gasteiger partial charge in [-0.15, -0.1) is 10.2 Å². The third kappa shape index (κ3) is 4.79. The van der Waals surface area contributed by atoms with E-state index < -0.39 is 11.9 Å². The summed E-state index contributed by atoms with van der Waals surface area (Å²) in [6.07, 6.45) is 0.771. The zero-order valence-corrected chi connectivity index (χ0v) is 14.2. The second-order valence-corrected chi connectivity index (χ2v) is 6.27. The molecule has 142 valence electrons. The van der Waals surface area contributed by atoms with Gasteiger partial charge in [0.2, 0.25) is 0 Å². The zero-order valence-electron chi connectivity index (χ0n) is 14.2. The number of hydrogen-bond acceptors (Lipinski definition) is 8. The summed E-state index contributed by atoms with van der Waals surface area (Å²) in [6, 6.07) is 3.04. The van der Waals surface area contributed by atoms with Gasteiger partial charge in [-0.25, -0.2) is 9.97 Å². The van der Waals surface area contributed by atoms with Crippen molar-refractivity contribution in [3.63, 3.8) is 0 Å². The predicted octanol–water partition coefficient (Wildman–Crippen LogP) is 2.58. The van der Waals surface area contributed by atoms with E-state index in [1.165, 1.54) is 18.5 Å². The van der Waals surface area contributed by atoms with Gasteiger partial charge in [-0.2, -0.15) is 18.4 Å². The molecule has 0 aromatic carbocycles. The Morgan fingerprint density at radius 1 is 1.07 bits per heavy atom. The Morgan fingerprint density at radius 3 is 2.41 bits per heavy atom. The second-order valence-electron chi connectivity index (χ2n) is 6.27. The summed E-state index contributed by atoms with van der Waals surface area (Å²) in [5.74, 6) is 0.315. The molecular formula is C16H17F3N8. The average molecular weight is 378 g/mol. The van der Waals surface area contributed by atoms with E-state index in [0.717, 1.165) is 12.8 Å². The number of alkyl halides is 3. The van der Waals surface area contributed by atoms with Gasteiger partial charge in [-0.3, -0.25) is 0 Å². The molecule has 2 heterocycles. The second kappa shape index (κ2) is 7.71. The van der Waals surface area contributed by atoms with Crippen molar-refractivity contribution < 1.29 is 13.2 Å². The lowest BCUT2D eigenvalue weighted by Gasteiger charge is -2.28. The molecule has 0 unspecified atom stereocenters. The SMILES string of the molecule is N#Cc1cnc(Nc2cc(NC3CCC(N)CC3)c(C(F)(F)F)nn2)cn1.